The molecule has 1 saturated heterocycles. The molecule has 1 aliphatic heterocycles. The summed E-state index contributed by atoms with van der Waals surface area (Å²) in [5.74, 6) is 0. The summed E-state index contributed by atoms with van der Waals surface area (Å²) < 4.78 is 2.17. The van der Waals surface area contributed by atoms with Crippen LogP contribution in [0.4, 0.5) is 0 Å². The van der Waals surface area contributed by atoms with Crippen LogP contribution in [0.1, 0.15) is 43.4 Å². The molecule has 1 saturated carbocycles. The van der Waals surface area contributed by atoms with Gasteiger partial charge in [0.15, 0.2) is 0 Å². The van der Waals surface area contributed by atoms with Crippen LogP contribution < -0.4 is 5.32 Å². The summed E-state index contributed by atoms with van der Waals surface area (Å²) in [5, 5.41) is 3.63. The van der Waals surface area contributed by atoms with Crippen LogP contribution in [0.3, 0.4) is 0 Å². The number of rotatable bonds is 2. The van der Waals surface area contributed by atoms with Gasteiger partial charge in [-0.25, -0.2) is 4.98 Å². The Morgan fingerprint density at radius 1 is 1.18 bits per heavy atom. The van der Waals surface area contributed by atoms with Crippen LogP contribution in [0, 0.1) is 6.92 Å². The molecule has 0 atom stereocenters. The van der Waals surface area contributed by atoms with Gasteiger partial charge in [0.05, 0.1) is 5.69 Å². The lowest BCUT2D eigenvalue weighted by molar-refractivity contribution is 0.0200. The first-order chi connectivity index (χ1) is 10.8. The van der Waals surface area contributed by atoms with Crippen molar-refractivity contribution in [3.8, 4) is 0 Å². The van der Waals surface area contributed by atoms with E-state index in [0.717, 1.165) is 31.8 Å². The maximum atomic E-state index is 4.83. The summed E-state index contributed by atoms with van der Waals surface area (Å²) in [4.78, 5) is 7.53. The molecule has 4 rings (SSSR count). The molecule has 1 N–H and O–H groups in total. The predicted molar refractivity (Wildman–Crippen MR) is 89.0 cm³/mol. The fourth-order valence-electron chi connectivity index (χ4n) is 4.26. The van der Waals surface area contributed by atoms with Crippen molar-refractivity contribution in [2.75, 3.05) is 19.6 Å². The zero-order chi connectivity index (χ0) is 15.0. The van der Waals surface area contributed by atoms with E-state index in [1.165, 1.54) is 43.4 Å². The maximum Gasteiger partial charge on any atom is 0.137 e. The minimum Gasteiger partial charge on any atom is -0.314 e. The van der Waals surface area contributed by atoms with Gasteiger partial charge >= 0.3 is 0 Å². The number of imidazole rings is 1. The van der Waals surface area contributed by atoms with E-state index in [4.69, 9.17) is 4.98 Å². The van der Waals surface area contributed by atoms with Crippen LogP contribution in [0.15, 0.2) is 24.5 Å². The average molecular weight is 298 g/mol. The molecule has 1 spiro atoms. The number of hydrogen-bond acceptors (Lipinski definition) is 3. The highest BCUT2D eigenvalue weighted by Crippen LogP contribution is 2.35. The lowest BCUT2D eigenvalue weighted by atomic mass is 9.79. The summed E-state index contributed by atoms with van der Waals surface area (Å²) in [6.45, 7) is 6.52. The van der Waals surface area contributed by atoms with E-state index in [-0.39, 0.29) is 0 Å². The van der Waals surface area contributed by atoms with Gasteiger partial charge in [0.25, 0.3) is 0 Å². The molecular weight excluding hydrogens is 272 g/mol. The lowest BCUT2D eigenvalue weighted by Gasteiger charge is -2.49. The highest BCUT2D eigenvalue weighted by atomic mass is 15.3. The number of nitrogens with one attached hydrogen (secondary N) is 1. The van der Waals surface area contributed by atoms with Gasteiger partial charge in [-0.3, -0.25) is 4.90 Å². The third kappa shape index (κ3) is 2.55. The summed E-state index contributed by atoms with van der Waals surface area (Å²) in [5.41, 5.74) is 3.93. The molecule has 4 heteroatoms. The van der Waals surface area contributed by atoms with Gasteiger partial charge in [-0.05, 0) is 31.4 Å². The summed E-state index contributed by atoms with van der Waals surface area (Å²) in [7, 11) is 0. The average Bonchev–Trinajstić information content (AvgIpc) is 2.92. The van der Waals surface area contributed by atoms with E-state index in [1.54, 1.807) is 0 Å². The molecule has 0 radical (unpaired) electrons. The molecule has 0 unspecified atom stereocenters. The van der Waals surface area contributed by atoms with Gasteiger partial charge < -0.3 is 9.72 Å². The van der Waals surface area contributed by atoms with Crippen molar-refractivity contribution in [1.82, 2.24) is 19.6 Å². The second kappa shape index (κ2) is 5.67. The molecule has 3 heterocycles. The van der Waals surface area contributed by atoms with E-state index in [9.17, 15) is 0 Å². The maximum absolute atomic E-state index is 4.83. The standard InChI is InChI=1S/C18H26N4/c1-15-5-6-17-20-16(12-21(17)11-15)13-22-10-9-19-14-18(22)7-3-2-4-8-18/h5-6,11-12,19H,2-4,7-10,13-14H2,1H3. The highest BCUT2D eigenvalue weighted by Gasteiger charge is 2.39. The normalized spacial score (nSPS) is 22.4. The second-order valence-electron chi connectivity index (χ2n) is 7.09. The molecule has 0 amide bonds. The number of nitrogens with zero attached hydrogens (tertiary/aromatic N) is 3. The van der Waals surface area contributed by atoms with E-state index >= 15 is 0 Å². The molecule has 2 fully saturated rings. The zero-order valence-corrected chi connectivity index (χ0v) is 13.5. The highest BCUT2D eigenvalue weighted by molar-refractivity contribution is 5.41. The summed E-state index contributed by atoms with van der Waals surface area (Å²) in [6, 6.07) is 4.26. The van der Waals surface area contributed by atoms with Crippen molar-refractivity contribution in [1.29, 1.82) is 0 Å². The first-order valence-electron chi connectivity index (χ1n) is 8.65. The van der Waals surface area contributed by atoms with Crippen LogP contribution in [0.2, 0.25) is 0 Å². The minimum atomic E-state index is 0.377. The van der Waals surface area contributed by atoms with Crippen molar-refractivity contribution in [3.05, 3.63) is 35.8 Å². The van der Waals surface area contributed by atoms with E-state index in [2.05, 4.69) is 46.1 Å². The van der Waals surface area contributed by atoms with Gasteiger partial charge in [0.1, 0.15) is 5.65 Å². The number of aromatic nitrogens is 2. The van der Waals surface area contributed by atoms with Gasteiger partial charge in [-0.2, -0.15) is 0 Å². The second-order valence-corrected chi connectivity index (χ2v) is 7.09. The third-order valence-electron chi connectivity index (χ3n) is 5.47. The fourth-order valence-corrected chi connectivity index (χ4v) is 4.26. The Morgan fingerprint density at radius 3 is 2.91 bits per heavy atom. The van der Waals surface area contributed by atoms with Gasteiger partial charge in [0, 0.05) is 44.1 Å². The SMILES string of the molecule is Cc1ccc2nc(CN3CCNCC34CCCCC4)cn2c1. The number of aryl methyl sites for hydroxylation is 1. The third-order valence-corrected chi connectivity index (χ3v) is 5.47. The quantitative estimate of drug-likeness (QED) is 0.925. The lowest BCUT2D eigenvalue weighted by Crippen LogP contribution is -2.61. The molecule has 0 aromatic carbocycles. The molecule has 22 heavy (non-hydrogen) atoms. The van der Waals surface area contributed by atoms with Crippen LogP contribution in [0.5, 0.6) is 0 Å². The largest absolute Gasteiger partial charge is 0.314 e. The minimum absolute atomic E-state index is 0.377. The first-order valence-corrected chi connectivity index (χ1v) is 8.65. The molecule has 118 valence electrons. The van der Waals surface area contributed by atoms with Gasteiger partial charge in [-0.1, -0.05) is 25.3 Å². The van der Waals surface area contributed by atoms with Crippen LogP contribution in [0.25, 0.3) is 5.65 Å². The Morgan fingerprint density at radius 2 is 2.05 bits per heavy atom. The van der Waals surface area contributed by atoms with E-state index in [0.29, 0.717) is 5.54 Å². The van der Waals surface area contributed by atoms with Crippen molar-refractivity contribution >= 4 is 5.65 Å². The first kappa shape index (κ1) is 14.2. The Balaban J connectivity index is 1.59. The van der Waals surface area contributed by atoms with Crippen LogP contribution >= 0.6 is 0 Å². The molecular formula is C18H26N4. The Kier molecular flexibility index (Phi) is 3.66. The topological polar surface area (TPSA) is 32.6 Å². The van der Waals surface area contributed by atoms with Crippen molar-refractivity contribution in [2.24, 2.45) is 0 Å². The fraction of sp³-hybridized carbons (Fsp3) is 0.611. The van der Waals surface area contributed by atoms with Crippen molar-refractivity contribution in [2.45, 2.75) is 51.1 Å². The molecule has 2 aromatic heterocycles. The van der Waals surface area contributed by atoms with Gasteiger partial charge in [-0.15, -0.1) is 0 Å². The van der Waals surface area contributed by atoms with Crippen LogP contribution in [-0.2, 0) is 6.54 Å². The van der Waals surface area contributed by atoms with Gasteiger partial charge in [0.2, 0.25) is 0 Å². The Bertz CT molecular complexity index is 646. The summed E-state index contributed by atoms with van der Waals surface area (Å²) in [6.07, 6.45) is 11.2. The number of hydrogen-bond donors (Lipinski definition) is 1. The molecule has 0 bridgehead atoms. The summed E-state index contributed by atoms with van der Waals surface area (Å²) >= 11 is 0. The van der Waals surface area contributed by atoms with E-state index < -0.39 is 0 Å². The molecule has 2 aromatic rings. The molecule has 2 aliphatic rings. The van der Waals surface area contributed by atoms with Crippen LogP contribution in [-0.4, -0.2) is 39.5 Å². The van der Waals surface area contributed by atoms with Crippen molar-refractivity contribution in [3.63, 3.8) is 0 Å². The number of fused-ring (bicyclic) bond motifs is 1. The van der Waals surface area contributed by atoms with E-state index in [1.807, 2.05) is 0 Å². The Labute approximate surface area is 132 Å². The zero-order valence-electron chi connectivity index (χ0n) is 13.5. The number of pyridine rings is 1. The smallest absolute Gasteiger partial charge is 0.137 e. The predicted octanol–water partition coefficient (Wildman–Crippen LogP) is 2.75. The monoisotopic (exact) mass is 298 g/mol. The molecule has 4 nitrogen and oxygen atoms in total. The van der Waals surface area contributed by atoms with Crippen molar-refractivity contribution < 1.29 is 0 Å². The molecule has 1 aliphatic carbocycles. The number of piperazine rings is 1. The Hall–Kier alpha value is -1.39.